The molecule has 94 valence electrons. The Morgan fingerprint density at radius 1 is 1.44 bits per heavy atom. The van der Waals surface area contributed by atoms with E-state index in [1.54, 1.807) is 0 Å². The van der Waals surface area contributed by atoms with Crippen molar-refractivity contribution in [1.29, 1.82) is 0 Å². The van der Waals surface area contributed by atoms with Gasteiger partial charge in [0.05, 0.1) is 12.9 Å². The Bertz CT molecular complexity index is 204. The third-order valence-corrected chi connectivity index (χ3v) is 2.76. The molecule has 0 aromatic carbocycles. The van der Waals surface area contributed by atoms with Crippen molar-refractivity contribution in [2.24, 2.45) is 0 Å². The highest BCUT2D eigenvalue weighted by Crippen LogP contribution is 2.17. The van der Waals surface area contributed by atoms with Crippen LogP contribution in [0, 0.1) is 0 Å². The van der Waals surface area contributed by atoms with Crippen LogP contribution in [0.1, 0.15) is 39.5 Å². The van der Waals surface area contributed by atoms with Gasteiger partial charge in [0.15, 0.2) is 0 Å². The van der Waals surface area contributed by atoms with Crippen molar-refractivity contribution in [3.8, 4) is 0 Å². The third kappa shape index (κ3) is 4.99. The molecule has 3 nitrogen and oxygen atoms in total. The van der Waals surface area contributed by atoms with Gasteiger partial charge in [0.2, 0.25) is 0 Å². The largest absolute Gasteiger partial charge is 0.501 e. The van der Waals surface area contributed by atoms with Gasteiger partial charge in [0.1, 0.15) is 0 Å². The van der Waals surface area contributed by atoms with Crippen LogP contribution in [0.15, 0.2) is 11.8 Å². The minimum absolute atomic E-state index is 0.433. The summed E-state index contributed by atoms with van der Waals surface area (Å²) in [6.07, 6.45) is 6.38. The second kappa shape index (κ2) is 8.59. The van der Waals surface area contributed by atoms with Gasteiger partial charge < -0.3 is 14.8 Å². The van der Waals surface area contributed by atoms with E-state index in [0.29, 0.717) is 6.04 Å². The Balaban J connectivity index is 2.31. The second-order valence-electron chi connectivity index (χ2n) is 4.18. The van der Waals surface area contributed by atoms with Gasteiger partial charge in [0, 0.05) is 19.3 Å². The molecule has 0 bridgehead atoms. The van der Waals surface area contributed by atoms with Gasteiger partial charge in [-0.2, -0.15) is 0 Å². The summed E-state index contributed by atoms with van der Waals surface area (Å²) in [6, 6.07) is 0.433. The van der Waals surface area contributed by atoms with E-state index in [-0.39, 0.29) is 0 Å². The average molecular weight is 227 g/mol. The molecule has 0 fully saturated rings. The zero-order valence-corrected chi connectivity index (χ0v) is 10.6. The minimum Gasteiger partial charge on any atom is -0.501 e. The number of likely N-dealkylation sites (N-methyl/N-ethyl adjacent to an activating group) is 1. The van der Waals surface area contributed by atoms with E-state index in [4.69, 9.17) is 9.47 Å². The Kier molecular flexibility index (Phi) is 7.26. The summed E-state index contributed by atoms with van der Waals surface area (Å²) in [5.41, 5.74) is 1.40. The maximum atomic E-state index is 5.54. The van der Waals surface area contributed by atoms with Crippen molar-refractivity contribution in [3.05, 3.63) is 11.8 Å². The van der Waals surface area contributed by atoms with Crippen LogP contribution in [0.2, 0.25) is 0 Å². The molecule has 0 aromatic rings. The summed E-state index contributed by atoms with van der Waals surface area (Å²) >= 11 is 0. The van der Waals surface area contributed by atoms with Crippen molar-refractivity contribution < 1.29 is 9.47 Å². The van der Waals surface area contributed by atoms with Gasteiger partial charge in [0.25, 0.3) is 0 Å². The summed E-state index contributed by atoms with van der Waals surface area (Å²) in [4.78, 5) is 0. The molecule has 0 saturated carbocycles. The van der Waals surface area contributed by atoms with Crippen molar-refractivity contribution in [1.82, 2.24) is 5.32 Å². The standard InChI is InChI=1S/C13H25NO2/c1-3-8-15-10-7-13(14-4-2)12-6-5-9-16-11-12/h11,13-14H,3-10H2,1-2H3. The predicted molar refractivity (Wildman–Crippen MR) is 66.5 cm³/mol. The average Bonchev–Trinajstić information content (AvgIpc) is 2.34. The molecule has 0 spiro atoms. The predicted octanol–water partition coefficient (Wildman–Crippen LogP) is 2.48. The van der Waals surface area contributed by atoms with Crippen molar-refractivity contribution in [3.63, 3.8) is 0 Å². The highest BCUT2D eigenvalue weighted by atomic mass is 16.5. The first-order chi connectivity index (χ1) is 7.88. The highest BCUT2D eigenvalue weighted by Gasteiger charge is 2.15. The summed E-state index contributed by atoms with van der Waals surface area (Å²) in [5.74, 6) is 0. The molecule has 1 aliphatic heterocycles. The zero-order valence-electron chi connectivity index (χ0n) is 10.6. The smallest absolute Gasteiger partial charge is 0.0876 e. The van der Waals surface area contributed by atoms with Crippen LogP contribution in [0.5, 0.6) is 0 Å². The molecule has 3 heteroatoms. The van der Waals surface area contributed by atoms with E-state index in [9.17, 15) is 0 Å². The summed E-state index contributed by atoms with van der Waals surface area (Å²) in [6.45, 7) is 7.85. The number of rotatable bonds is 8. The Labute approximate surface area is 99.2 Å². The lowest BCUT2D eigenvalue weighted by atomic mass is 9.99. The minimum atomic E-state index is 0.433. The molecule has 1 unspecified atom stereocenters. The van der Waals surface area contributed by atoms with Gasteiger partial charge in [-0.05, 0) is 37.8 Å². The number of ether oxygens (including phenoxy) is 2. The topological polar surface area (TPSA) is 30.5 Å². The van der Waals surface area contributed by atoms with Crippen LogP contribution in [-0.4, -0.2) is 32.4 Å². The summed E-state index contributed by atoms with van der Waals surface area (Å²) < 4.78 is 10.9. The van der Waals surface area contributed by atoms with E-state index < -0.39 is 0 Å². The van der Waals surface area contributed by atoms with E-state index in [1.807, 2.05) is 6.26 Å². The van der Waals surface area contributed by atoms with Crippen LogP contribution in [0.3, 0.4) is 0 Å². The van der Waals surface area contributed by atoms with Crippen molar-refractivity contribution >= 4 is 0 Å². The maximum Gasteiger partial charge on any atom is 0.0876 e. The fraction of sp³-hybridized carbons (Fsp3) is 0.846. The van der Waals surface area contributed by atoms with Gasteiger partial charge in [-0.1, -0.05) is 13.8 Å². The molecule has 1 N–H and O–H groups in total. The number of hydrogen-bond acceptors (Lipinski definition) is 3. The summed E-state index contributed by atoms with van der Waals surface area (Å²) in [5, 5.41) is 3.50. The molecule has 1 rings (SSSR count). The first-order valence-electron chi connectivity index (χ1n) is 6.50. The van der Waals surface area contributed by atoms with Crippen LogP contribution in [0.25, 0.3) is 0 Å². The molecule has 1 atom stereocenters. The fourth-order valence-electron chi connectivity index (χ4n) is 1.95. The van der Waals surface area contributed by atoms with Crippen LogP contribution >= 0.6 is 0 Å². The van der Waals surface area contributed by atoms with Gasteiger partial charge >= 0.3 is 0 Å². The molecule has 1 aliphatic rings. The Hall–Kier alpha value is -0.540. The van der Waals surface area contributed by atoms with Crippen LogP contribution in [-0.2, 0) is 9.47 Å². The SMILES string of the molecule is CCCOCCC(NCC)C1=COCCC1. The van der Waals surface area contributed by atoms with E-state index >= 15 is 0 Å². The lowest BCUT2D eigenvalue weighted by Crippen LogP contribution is -2.33. The molecule has 0 saturated heterocycles. The highest BCUT2D eigenvalue weighted by molar-refractivity contribution is 5.09. The lowest BCUT2D eigenvalue weighted by Gasteiger charge is -2.23. The number of hydrogen-bond donors (Lipinski definition) is 1. The third-order valence-electron chi connectivity index (χ3n) is 2.76. The molecule has 0 aromatic heterocycles. The van der Waals surface area contributed by atoms with Gasteiger partial charge in [-0.15, -0.1) is 0 Å². The molecule has 1 heterocycles. The zero-order chi connectivity index (χ0) is 11.6. The maximum absolute atomic E-state index is 5.54. The van der Waals surface area contributed by atoms with E-state index in [0.717, 1.165) is 52.0 Å². The number of nitrogens with one attached hydrogen (secondary N) is 1. The van der Waals surface area contributed by atoms with Crippen molar-refractivity contribution in [2.45, 2.75) is 45.6 Å². The van der Waals surface area contributed by atoms with E-state index in [2.05, 4.69) is 19.2 Å². The van der Waals surface area contributed by atoms with Crippen LogP contribution in [0.4, 0.5) is 0 Å². The first kappa shape index (κ1) is 13.5. The Morgan fingerprint density at radius 3 is 2.94 bits per heavy atom. The molecular weight excluding hydrogens is 202 g/mol. The normalized spacial score (nSPS) is 17.8. The van der Waals surface area contributed by atoms with Crippen LogP contribution < -0.4 is 5.32 Å². The van der Waals surface area contributed by atoms with Gasteiger partial charge in [-0.3, -0.25) is 0 Å². The lowest BCUT2D eigenvalue weighted by molar-refractivity contribution is 0.125. The first-order valence-corrected chi connectivity index (χ1v) is 6.50. The quantitative estimate of drug-likeness (QED) is 0.646. The van der Waals surface area contributed by atoms with Gasteiger partial charge in [-0.25, -0.2) is 0 Å². The van der Waals surface area contributed by atoms with E-state index in [1.165, 1.54) is 5.57 Å². The molecule has 16 heavy (non-hydrogen) atoms. The molecular formula is C13H25NO2. The monoisotopic (exact) mass is 227 g/mol. The Morgan fingerprint density at radius 2 is 2.31 bits per heavy atom. The molecule has 0 amide bonds. The molecule has 0 aliphatic carbocycles. The fourth-order valence-corrected chi connectivity index (χ4v) is 1.95. The second-order valence-corrected chi connectivity index (χ2v) is 4.18. The summed E-state index contributed by atoms with van der Waals surface area (Å²) in [7, 11) is 0. The van der Waals surface area contributed by atoms with Crippen molar-refractivity contribution in [2.75, 3.05) is 26.4 Å². The molecule has 0 radical (unpaired) electrons.